The second-order valence-electron chi connectivity index (χ2n) is 2.90. The summed E-state index contributed by atoms with van der Waals surface area (Å²) < 4.78 is 16.4. The van der Waals surface area contributed by atoms with Gasteiger partial charge in [0.05, 0.1) is 30.6 Å². The first-order valence-corrected chi connectivity index (χ1v) is 5.54. The summed E-state index contributed by atoms with van der Waals surface area (Å²) in [5.41, 5.74) is -0.836. The summed E-state index contributed by atoms with van der Waals surface area (Å²) in [6.07, 6.45) is -2.26. The summed E-state index contributed by atoms with van der Waals surface area (Å²) in [6.45, 7) is -0.427. The van der Waals surface area contributed by atoms with E-state index in [1.807, 2.05) is 0 Å². The molecule has 1 aliphatic rings. The van der Waals surface area contributed by atoms with Crippen LogP contribution in [0.1, 0.15) is 0 Å². The van der Waals surface area contributed by atoms with Gasteiger partial charge in [0.25, 0.3) is 0 Å². The standard InChI is InChI=1S/C6H13O5P/c1-11-12(10)3-4(8)6(9)5(12)2-7/h4-9H,2-3H2,1H3/t4-,5+,6-,12+/m0/s1. The molecule has 0 unspecified atom stereocenters. The van der Waals surface area contributed by atoms with Crippen molar-refractivity contribution >= 4 is 7.37 Å². The van der Waals surface area contributed by atoms with Crippen LogP contribution < -0.4 is 0 Å². The molecule has 3 N–H and O–H groups in total. The first kappa shape index (κ1) is 10.2. The van der Waals surface area contributed by atoms with E-state index in [4.69, 9.17) is 14.7 Å². The molecule has 0 radical (unpaired) electrons. The van der Waals surface area contributed by atoms with Gasteiger partial charge in [-0.05, 0) is 0 Å². The highest BCUT2D eigenvalue weighted by molar-refractivity contribution is 7.60. The van der Waals surface area contributed by atoms with Crippen LogP contribution in [0.25, 0.3) is 0 Å². The fourth-order valence-electron chi connectivity index (χ4n) is 1.44. The van der Waals surface area contributed by atoms with Crippen molar-refractivity contribution in [2.45, 2.75) is 17.9 Å². The highest BCUT2D eigenvalue weighted by Crippen LogP contribution is 2.57. The van der Waals surface area contributed by atoms with Gasteiger partial charge in [0, 0.05) is 7.11 Å². The van der Waals surface area contributed by atoms with E-state index in [-0.39, 0.29) is 6.16 Å². The molecular formula is C6H13O5P. The second kappa shape index (κ2) is 3.44. The summed E-state index contributed by atoms with van der Waals surface area (Å²) in [4.78, 5) is 0. The highest BCUT2D eigenvalue weighted by atomic mass is 31.2. The quantitative estimate of drug-likeness (QED) is 0.493. The van der Waals surface area contributed by atoms with E-state index >= 15 is 0 Å². The molecule has 0 aliphatic carbocycles. The van der Waals surface area contributed by atoms with Gasteiger partial charge in [0.2, 0.25) is 7.37 Å². The summed E-state index contributed by atoms with van der Waals surface area (Å²) in [5, 5.41) is 27.2. The van der Waals surface area contributed by atoms with E-state index in [1.165, 1.54) is 7.11 Å². The molecule has 12 heavy (non-hydrogen) atoms. The van der Waals surface area contributed by atoms with Crippen molar-refractivity contribution in [3.05, 3.63) is 0 Å². The average Bonchev–Trinajstić information content (AvgIpc) is 2.25. The number of aliphatic hydroxyl groups excluding tert-OH is 3. The molecule has 0 bridgehead atoms. The summed E-state index contributed by atoms with van der Waals surface area (Å²) in [6, 6.07) is 0. The van der Waals surface area contributed by atoms with Crippen LogP contribution >= 0.6 is 7.37 Å². The molecule has 1 aliphatic heterocycles. The lowest BCUT2D eigenvalue weighted by molar-refractivity contribution is 0.0321. The van der Waals surface area contributed by atoms with Gasteiger partial charge in [-0.2, -0.15) is 0 Å². The molecule has 0 aromatic carbocycles. The smallest absolute Gasteiger partial charge is 0.213 e. The minimum absolute atomic E-state index is 0.0735. The summed E-state index contributed by atoms with van der Waals surface area (Å²) >= 11 is 0. The Hall–Kier alpha value is 0.0700. The molecule has 0 amide bonds. The molecule has 1 saturated heterocycles. The molecule has 5 nitrogen and oxygen atoms in total. The minimum atomic E-state index is -3.02. The Kier molecular flexibility index (Phi) is 2.91. The van der Waals surface area contributed by atoms with Crippen molar-refractivity contribution in [3.63, 3.8) is 0 Å². The van der Waals surface area contributed by atoms with Gasteiger partial charge in [-0.15, -0.1) is 0 Å². The molecular weight excluding hydrogens is 183 g/mol. The topological polar surface area (TPSA) is 87.0 Å². The van der Waals surface area contributed by atoms with E-state index in [0.717, 1.165) is 0 Å². The Morgan fingerprint density at radius 2 is 2.17 bits per heavy atom. The molecule has 1 fully saturated rings. The van der Waals surface area contributed by atoms with E-state index in [2.05, 4.69) is 0 Å². The zero-order chi connectivity index (χ0) is 9.35. The van der Waals surface area contributed by atoms with E-state index in [0.29, 0.717) is 0 Å². The van der Waals surface area contributed by atoms with Crippen LogP contribution in [-0.2, 0) is 9.09 Å². The lowest BCUT2D eigenvalue weighted by atomic mass is 10.2. The Balaban J connectivity index is 2.85. The van der Waals surface area contributed by atoms with Crippen molar-refractivity contribution in [2.24, 2.45) is 0 Å². The van der Waals surface area contributed by atoms with Crippen molar-refractivity contribution in [3.8, 4) is 0 Å². The minimum Gasteiger partial charge on any atom is -0.395 e. The molecule has 72 valence electrons. The maximum Gasteiger partial charge on any atom is 0.213 e. The van der Waals surface area contributed by atoms with Gasteiger partial charge in [-0.3, -0.25) is 4.57 Å². The van der Waals surface area contributed by atoms with Gasteiger partial charge in [0.1, 0.15) is 0 Å². The Morgan fingerprint density at radius 3 is 2.50 bits per heavy atom. The second-order valence-corrected chi connectivity index (χ2v) is 5.74. The molecule has 0 aromatic rings. The predicted molar refractivity (Wildman–Crippen MR) is 42.4 cm³/mol. The average molecular weight is 196 g/mol. The molecule has 1 heterocycles. The molecule has 4 atom stereocenters. The first-order chi connectivity index (χ1) is 5.55. The molecule has 1 rings (SSSR count). The van der Waals surface area contributed by atoms with Crippen LogP contribution in [-0.4, -0.2) is 53.1 Å². The monoisotopic (exact) mass is 196 g/mol. The van der Waals surface area contributed by atoms with Crippen LogP contribution in [0.3, 0.4) is 0 Å². The molecule has 6 heteroatoms. The van der Waals surface area contributed by atoms with Gasteiger partial charge >= 0.3 is 0 Å². The number of aliphatic hydroxyl groups is 3. The van der Waals surface area contributed by atoms with Crippen molar-refractivity contribution in [2.75, 3.05) is 19.9 Å². The summed E-state index contributed by atoms with van der Waals surface area (Å²) in [7, 11) is -1.77. The predicted octanol–water partition coefficient (Wildman–Crippen LogP) is -0.993. The Morgan fingerprint density at radius 1 is 1.58 bits per heavy atom. The first-order valence-electron chi connectivity index (χ1n) is 3.66. The lowest BCUT2D eigenvalue weighted by Gasteiger charge is -2.17. The number of hydrogen-bond donors (Lipinski definition) is 3. The zero-order valence-electron chi connectivity index (χ0n) is 6.75. The Bertz CT molecular complexity index is 206. The fraction of sp³-hybridized carbons (Fsp3) is 1.00. The normalized spacial score (nSPS) is 48.2. The van der Waals surface area contributed by atoms with Crippen LogP contribution in [0.15, 0.2) is 0 Å². The van der Waals surface area contributed by atoms with Crippen LogP contribution in [0.4, 0.5) is 0 Å². The van der Waals surface area contributed by atoms with Crippen LogP contribution in [0.5, 0.6) is 0 Å². The van der Waals surface area contributed by atoms with Crippen LogP contribution in [0.2, 0.25) is 0 Å². The van der Waals surface area contributed by atoms with Crippen molar-refractivity contribution < 1.29 is 24.4 Å². The molecule has 0 aromatic heterocycles. The van der Waals surface area contributed by atoms with Crippen molar-refractivity contribution in [1.82, 2.24) is 0 Å². The fourth-order valence-corrected chi connectivity index (χ4v) is 3.78. The van der Waals surface area contributed by atoms with E-state index in [9.17, 15) is 9.67 Å². The SMILES string of the molecule is CO[P@]1(=O)C[C@H](O)[C@H](O)[C@H]1CO. The Labute approximate surface area is 70.4 Å². The third kappa shape index (κ3) is 1.43. The third-order valence-corrected chi connectivity index (χ3v) is 5.21. The molecule has 0 saturated carbocycles. The van der Waals surface area contributed by atoms with Gasteiger partial charge in [0.15, 0.2) is 0 Å². The number of rotatable bonds is 2. The zero-order valence-corrected chi connectivity index (χ0v) is 7.65. The van der Waals surface area contributed by atoms with Gasteiger partial charge in [-0.25, -0.2) is 0 Å². The number of hydrogen-bond acceptors (Lipinski definition) is 5. The van der Waals surface area contributed by atoms with E-state index < -0.39 is 31.8 Å². The lowest BCUT2D eigenvalue weighted by Crippen LogP contribution is -2.31. The summed E-state index contributed by atoms with van der Waals surface area (Å²) in [5.74, 6) is 0. The maximum absolute atomic E-state index is 11.7. The van der Waals surface area contributed by atoms with Gasteiger partial charge < -0.3 is 19.8 Å². The van der Waals surface area contributed by atoms with E-state index in [1.54, 1.807) is 0 Å². The largest absolute Gasteiger partial charge is 0.395 e. The maximum atomic E-state index is 11.7. The third-order valence-electron chi connectivity index (χ3n) is 2.23. The van der Waals surface area contributed by atoms with Crippen LogP contribution in [0, 0.1) is 0 Å². The highest BCUT2D eigenvalue weighted by Gasteiger charge is 2.49. The van der Waals surface area contributed by atoms with Crippen molar-refractivity contribution in [1.29, 1.82) is 0 Å². The van der Waals surface area contributed by atoms with Gasteiger partial charge in [-0.1, -0.05) is 0 Å². The molecule has 0 spiro atoms.